The van der Waals surface area contributed by atoms with E-state index in [4.69, 9.17) is 4.74 Å². The third kappa shape index (κ3) is 4.66. The van der Waals surface area contributed by atoms with Gasteiger partial charge in [0, 0.05) is 0 Å². The van der Waals surface area contributed by atoms with Crippen LogP contribution in [0.1, 0.15) is 37.5 Å². The van der Waals surface area contributed by atoms with Crippen LogP contribution < -0.4 is 0 Å². The Morgan fingerprint density at radius 1 is 1.03 bits per heavy atom. The molecule has 0 fully saturated rings. The molecule has 0 saturated carbocycles. The number of aryl methyl sites for hydroxylation is 1. The molecule has 0 saturated heterocycles. The molecule has 0 bridgehead atoms. The Labute approximate surface area is 181 Å². The first-order valence-corrected chi connectivity index (χ1v) is 12.7. The molecule has 1 aliphatic rings. The fourth-order valence-electron chi connectivity index (χ4n) is 3.81. The van der Waals surface area contributed by atoms with Gasteiger partial charge in [-0.05, 0) is 0 Å². The van der Waals surface area contributed by atoms with Gasteiger partial charge in [-0.15, -0.1) is 0 Å². The van der Waals surface area contributed by atoms with Crippen molar-refractivity contribution < 1.29 is 9.53 Å². The molecule has 1 heterocycles. The topological polar surface area (TPSA) is 29.5 Å². The number of hydrogen-bond donors (Lipinski definition) is 0. The zero-order valence-electron chi connectivity index (χ0n) is 17.9. The molecular weight excluding hydrogens is 425 g/mol. The van der Waals surface area contributed by atoms with Gasteiger partial charge in [-0.3, -0.25) is 0 Å². The van der Waals surface area contributed by atoms with Crippen molar-refractivity contribution in [2.45, 2.75) is 37.8 Å². The van der Waals surface area contributed by atoms with Crippen LogP contribution in [-0.4, -0.2) is 46.0 Å². The number of nitrogens with zero attached hydrogens (tertiary/aromatic N) is 1. The summed E-state index contributed by atoms with van der Waals surface area (Å²) in [6.07, 6.45) is 1.02. The average Bonchev–Trinajstić information content (AvgIpc) is 2.94. The van der Waals surface area contributed by atoms with Crippen LogP contribution in [0, 0.1) is 5.41 Å². The van der Waals surface area contributed by atoms with Crippen LogP contribution in [0.5, 0.6) is 0 Å². The van der Waals surface area contributed by atoms with E-state index in [-0.39, 0.29) is 5.91 Å². The van der Waals surface area contributed by atoms with E-state index >= 15 is 0 Å². The van der Waals surface area contributed by atoms with E-state index in [1.165, 1.54) is 16.7 Å². The van der Waals surface area contributed by atoms with Crippen molar-refractivity contribution >= 4 is 26.6 Å². The molecule has 1 aliphatic heterocycles. The number of carbonyl (C=O) groups excluding carboxylic acids is 1. The Bertz CT molecular complexity index is 860. The van der Waals surface area contributed by atoms with Crippen molar-refractivity contribution in [2.24, 2.45) is 5.41 Å². The molecular formula is C25H31NO2Se. The fraction of sp³-hybridized carbons (Fsp3) is 0.400. The molecule has 0 radical (unpaired) electrons. The van der Waals surface area contributed by atoms with Crippen molar-refractivity contribution in [1.29, 1.82) is 0 Å². The minimum atomic E-state index is -0.429. The van der Waals surface area contributed by atoms with Crippen molar-refractivity contribution in [1.82, 2.24) is 4.90 Å². The summed E-state index contributed by atoms with van der Waals surface area (Å²) in [5, 5.41) is 1.97. The summed E-state index contributed by atoms with van der Waals surface area (Å²) in [4.78, 5) is 15.5. The molecule has 1 atom stereocenters. The van der Waals surface area contributed by atoms with Crippen LogP contribution in [0.3, 0.4) is 0 Å². The van der Waals surface area contributed by atoms with E-state index in [0.29, 0.717) is 28.1 Å². The third-order valence-corrected chi connectivity index (χ3v) is 8.59. The zero-order valence-corrected chi connectivity index (χ0v) is 19.6. The van der Waals surface area contributed by atoms with Gasteiger partial charge in [-0.1, -0.05) is 0 Å². The number of rotatable bonds is 9. The Balaban J connectivity index is 1.86. The molecule has 29 heavy (non-hydrogen) atoms. The summed E-state index contributed by atoms with van der Waals surface area (Å²) in [7, 11) is 1.69. The zero-order chi connectivity index (χ0) is 20.9. The summed E-state index contributed by atoms with van der Waals surface area (Å²) in [6, 6.07) is 19.2. The average molecular weight is 456 g/mol. The van der Waals surface area contributed by atoms with Gasteiger partial charge in [0.05, 0.1) is 0 Å². The normalized spacial score (nSPS) is 19.3. The van der Waals surface area contributed by atoms with E-state index in [0.717, 1.165) is 28.3 Å². The number of methoxy groups -OCH3 is 1. The molecule has 4 heteroatoms. The molecule has 0 spiro atoms. The third-order valence-electron chi connectivity index (χ3n) is 5.83. The van der Waals surface area contributed by atoms with E-state index < -0.39 is 5.41 Å². The predicted octanol–water partition coefficient (Wildman–Crippen LogP) is 4.80. The first-order chi connectivity index (χ1) is 14.0. The molecule has 3 nitrogen and oxygen atoms in total. The summed E-state index contributed by atoms with van der Waals surface area (Å²) in [6.45, 7) is 7.58. The molecule has 3 rings (SSSR count). The van der Waals surface area contributed by atoms with Crippen LogP contribution in [0.25, 0.3) is 5.70 Å². The van der Waals surface area contributed by atoms with E-state index in [1.807, 2.05) is 4.90 Å². The van der Waals surface area contributed by atoms with E-state index in [9.17, 15) is 4.79 Å². The van der Waals surface area contributed by atoms with Crippen LogP contribution >= 0.6 is 0 Å². The maximum atomic E-state index is 13.5. The molecule has 0 aliphatic carbocycles. The summed E-state index contributed by atoms with van der Waals surface area (Å²) >= 11 is 0.363. The first kappa shape index (κ1) is 21.8. The first-order valence-electron chi connectivity index (χ1n) is 10.2. The summed E-state index contributed by atoms with van der Waals surface area (Å²) < 4.78 is 5.30. The van der Waals surface area contributed by atoms with Gasteiger partial charge >= 0.3 is 181 Å². The SMILES string of the molecule is CCc1ccc(C2=C(C)C(C)(C[Se]Cc3ccccc3)C(=O)N2CCOC)cc1. The molecule has 1 amide bonds. The molecule has 2 aromatic carbocycles. The van der Waals surface area contributed by atoms with Crippen LogP contribution in [0.15, 0.2) is 60.2 Å². The maximum absolute atomic E-state index is 13.5. The van der Waals surface area contributed by atoms with Gasteiger partial charge in [-0.2, -0.15) is 0 Å². The fourth-order valence-corrected chi connectivity index (χ4v) is 6.49. The van der Waals surface area contributed by atoms with Crippen LogP contribution in [0.4, 0.5) is 0 Å². The Morgan fingerprint density at radius 3 is 2.34 bits per heavy atom. The monoisotopic (exact) mass is 457 g/mol. The second kappa shape index (κ2) is 9.75. The Hall–Kier alpha value is -1.87. The van der Waals surface area contributed by atoms with Gasteiger partial charge in [-0.25, -0.2) is 0 Å². The van der Waals surface area contributed by atoms with Gasteiger partial charge in [0.2, 0.25) is 0 Å². The van der Waals surface area contributed by atoms with Crippen LogP contribution in [0.2, 0.25) is 5.32 Å². The van der Waals surface area contributed by atoms with Crippen molar-refractivity contribution in [3.8, 4) is 0 Å². The van der Waals surface area contributed by atoms with Crippen molar-refractivity contribution in [3.63, 3.8) is 0 Å². The van der Waals surface area contributed by atoms with Gasteiger partial charge in [0.25, 0.3) is 0 Å². The van der Waals surface area contributed by atoms with Crippen molar-refractivity contribution in [2.75, 3.05) is 20.3 Å². The summed E-state index contributed by atoms with van der Waals surface area (Å²) in [5.41, 5.74) is 5.64. The molecule has 1 unspecified atom stereocenters. The molecule has 2 aromatic rings. The van der Waals surface area contributed by atoms with Crippen LogP contribution in [-0.2, 0) is 21.3 Å². The minimum absolute atomic E-state index is 0.219. The number of ether oxygens (including phenoxy) is 1. The standard InChI is InChI=1S/C25H31NO2Se/c1-5-20-11-13-22(14-12-20)23-19(2)25(3,24(27)26(23)15-16-28-4)18-29-17-21-9-7-6-8-10-21/h6-14H,5,15-18H2,1-4H3. The van der Waals surface area contributed by atoms with Gasteiger partial charge in [0.15, 0.2) is 0 Å². The van der Waals surface area contributed by atoms with Gasteiger partial charge in [0.1, 0.15) is 0 Å². The number of carbonyl (C=O) groups is 1. The Morgan fingerprint density at radius 2 is 1.72 bits per heavy atom. The number of benzene rings is 2. The van der Waals surface area contributed by atoms with E-state index in [2.05, 4.69) is 75.4 Å². The summed E-state index contributed by atoms with van der Waals surface area (Å²) in [5.74, 6) is 0.219. The van der Waals surface area contributed by atoms with E-state index in [1.54, 1.807) is 7.11 Å². The van der Waals surface area contributed by atoms with Crippen molar-refractivity contribution in [3.05, 3.63) is 76.9 Å². The molecule has 0 N–H and O–H groups in total. The number of hydrogen-bond acceptors (Lipinski definition) is 2. The second-order valence-corrected chi connectivity index (χ2v) is 9.85. The Kier molecular flexibility index (Phi) is 7.34. The second-order valence-electron chi connectivity index (χ2n) is 7.78. The quantitative estimate of drug-likeness (QED) is 0.508. The molecule has 154 valence electrons. The molecule has 0 aromatic heterocycles. The predicted molar refractivity (Wildman–Crippen MR) is 121 cm³/mol. The number of amides is 1. The van der Waals surface area contributed by atoms with Gasteiger partial charge < -0.3 is 0 Å².